The summed E-state index contributed by atoms with van der Waals surface area (Å²) in [5.74, 6) is 0. The maximum atomic E-state index is 12.6. The molecule has 0 bridgehead atoms. The molecule has 1 aromatic heterocycles. The molecule has 0 atom stereocenters. The number of rotatable bonds is 4. The molecule has 144 valence electrons. The van der Waals surface area contributed by atoms with Crippen LogP contribution in [0.5, 0.6) is 0 Å². The van der Waals surface area contributed by atoms with E-state index in [-0.39, 0.29) is 9.79 Å². The number of fused-ring (bicyclic) bond motifs is 1. The Morgan fingerprint density at radius 1 is 0.724 bits per heavy atom. The molecule has 0 aliphatic heterocycles. The monoisotopic (exact) mass is 403 g/mol. The van der Waals surface area contributed by atoms with Gasteiger partial charge in [0.2, 0.25) is 9.84 Å². The van der Waals surface area contributed by atoms with E-state index in [4.69, 9.17) is 0 Å². The Labute approximate surface area is 168 Å². The summed E-state index contributed by atoms with van der Waals surface area (Å²) in [6.07, 6.45) is 1.71. The molecule has 0 saturated carbocycles. The Kier molecular flexibility index (Phi) is 4.97. The fourth-order valence-electron chi connectivity index (χ4n) is 2.90. The molecule has 0 aliphatic rings. The summed E-state index contributed by atoms with van der Waals surface area (Å²) in [7, 11) is -3.59. The average Bonchev–Trinajstić information content (AvgIpc) is 2.74. The molecular formula is C22H17N3O3S. The van der Waals surface area contributed by atoms with Crippen molar-refractivity contribution in [3.05, 3.63) is 91.1 Å². The van der Waals surface area contributed by atoms with Crippen LogP contribution in [0.15, 0.2) is 101 Å². The third-order valence-electron chi connectivity index (χ3n) is 4.34. The highest BCUT2D eigenvalue weighted by molar-refractivity contribution is 7.91. The van der Waals surface area contributed by atoms with Gasteiger partial charge in [-0.05, 0) is 60.7 Å². The van der Waals surface area contributed by atoms with Gasteiger partial charge in [-0.3, -0.25) is 4.98 Å². The van der Waals surface area contributed by atoms with E-state index in [1.807, 2.05) is 24.3 Å². The van der Waals surface area contributed by atoms with Gasteiger partial charge in [-0.25, -0.2) is 13.2 Å². The third kappa shape index (κ3) is 4.09. The Morgan fingerprint density at radius 3 is 2.14 bits per heavy atom. The standard InChI is InChI=1S/C22H17N3O3S/c26-22(25-18-10-13-21-16(15-18)5-4-14-23-21)24-17-8-11-20(12-9-17)29(27,28)19-6-2-1-3-7-19/h1-15H,(H2,24,25,26). The molecule has 0 spiro atoms. The van der Waals surface area contributed by atoms with Crippen LogP contribution in [0.2, 0.25) is 0 Å². The lowest BCUT2D eigenvalue weighted by atomic mass is 10.2. The van der Waals surface area contributed by atoms with E-state index in [2.05, 4.69) is 15.6 Å². The first-order chi connectivity index (χ1) is 14.0. The molecule has 4 rings (SSSR count). The molecule has 0 fully saturated rings. The number of hydrogen-bond acceptors (Lipinski definition) is 4. The zero-order valence-corrected chi connectivity index (χ0v) is 16.1. The SMILES string of the molecule is O=C(Nc1ccc(S(=O)(=O)c2ccccc2)cc1)Nc1ccc2ncccc2c1. The highest BCUT2D eigenvalue weighted by atomic mass is 32.2. The maximum absolute atomic E-state index is 12.6. The van der Waals surface area contributed by atoms with E-state index < -0.39 is 15.9 Å². The largest absolute Gasteiger partial charge is 0.323 e. The number of sulfone groups is 1. The van der Waals surface area contributed by atoms with Gasteiger partial charge >= 0.3 is 6.03 Å². The fourth-order valence-corrected chi connectivity index (χ4v) is 4.18. The molecule has 0 radical (unpaired) electrons. The number of carbonyl (C=O) groups is 1. The van der Waals surface area contributed by atoms with E-state index in [1.54, 1.807) is 54.7 Å². The van der Waals surface area contributed by atoms with Crippen LogP contribution in [0.1, 0.15) is 0 Å². The van der Waals surface area contributed by atoms with Crippen LogP contribution in [0, 0.1) is 0 Å². The van der Waals surface area contributed by atoms with Crippen molar-refractivity contribution in [1.82, 2.24) is 4.98 Å². The van der Waals surface area contributed by atoms with Crippen LogP contribution >= 0.6 is 0 Å². The van der Waals surface area contributed by atoms with Gasteiger partial charge in [0.25, 0.3) is 0 Å². The second-order valence-corrected chi connectivity index (χ2v) is 8.28. The Balaban J connectivity index is 1.46. The van der Waals surface area contributed by atoms with Gasteiger partial charge in [-0.15, -0.1) is 0 Å². The van der Waals surface area contributed by atoms with Crippen molar-refractivity contribution in [1.29, 1.82) is 0 Å². The van der Waals surface area contributed by atoms with Crippen molar-refractivity contribution in [3.63, 3.8) is 0 Å². The van der Waals surface area contributed by atoms with Crippen molar-refractivity contribution >= 4 is 38.1 Å². The third-order valence-corrected chi connectivity index (χ3v) is 6.12. The highest BCUT2D eigenvalue weighted by Crippen LogP contribution is 2.22. The van der Waals surface area contributed by atoms with Crippen LogP contribution in [0.4, 0.5) is 16.2 Å². The molecule has 4 aromatic rings. The Hall–Kier alpha value is -3.71. The number of nitrogens with zero attached hydrogens (tertiary/aromatic N) is 1. The number of pyridine rings is 1. The fraction of sp³-hybridized carbons (Fsp3) is 0. The van der Waals surface area contributed by atoms with E-state index in [0.29, 0.717) is 11.4 Å². The minimum Gasteiger partial charge on any atom is -0.308 e. The van der Waals surface area contributed by atoms with Crippen LogP contribution < -0.4 is 10.6 Å². The first-order valence-electron chi connectivity index (χ1n) is 8.85. The normalized spacial score (nSPS) is 11.2. The number of amides is 2. The van der Waals surface area contributed by atoms with Crippen molar-refractivity contribution in [3.8, 4) is 0 Å². The number of urea groups is 1. The first-order valence-corrected chi connectivity index (χ1v) is 10.3. The smallest absolute Gasteiger partial charge is 0.308 e. The van der Waals surface area contributed by atoms with Gasteiger partial charge in [0.05, 0.1) is 15.3 Å². The topological polar surface area (TPSA) is 88.2 Å². The first kappa shape index (κ1) is 18.6. The average molecular weight is 403 g/mol. The van der Waals surface area contributed by atoms with Crippen molar-refractivity contribution in [2.45, 2.75) is 9.79 Å². The Bertz CT molecular complexity index is 1270. The minimum absolute atomic E-state index is 0.164. The lowest BCUT2D eigenvalue weighted by Crippen LogP contribution is -2.19. The van der Waals surface area contributed by atoms with Gasteiger partial charge < -0.3 is 10.6 Å². The summed E-state index contributed by atoms with van der Waals surface area (Å²) in [5, 5.41) is 6.37. The molecule has 3 aromatic carbocycles. The Morgan fingerprint density at radius 2 is 1.38 bits per heavy atom. The number of carbonyl (C=O) groups excluding carboxylic acids is 1. The van der Waals surface area contributed by atoms with Crippen molar-refractivity contribution in [2.24, 2.45) is 0 Å². The second-order valence-electron chi connectivity index (χ2n) is 6.33. The molecule has 29 heavy (non-hydrogen) atoms. The zero-order valence-electron chi connectivity index (χ0n) is 15.2. The van der Waals surface area contributed by atoms with Crippen molar-refractivity contribution < 1.29 is 13.2 Å². The maximum Gasteiger partial charge on any atom is 0.323 e. The summed E-state index contributed by atoms with van der Waals surface area (Å²) >= 11 is 0. The minimum atomic E-state index is -3.59. The summed E-state index contributed by atoms with van der Waals surface area (Å²) in [6.45, 7) is 0. The number of anilines is 2. The highest BCUT2D eigenvalue weighted by Gasteiger charge is 2.17. The molecule has 0 saturated heterocycles. The molecule has 1 heterocycles. The number of aromatic nitrogens is 1. The predicted molar refractivity (Wildman–Crippen MR) is 113 cm³/mol. The summed E-state index contributed by atoms with van der Waals surface area (Å²) < 4.78 is 25.2. The molecule has 2 N–H and O–H groups in total. The van der Waals surface area contributed by atoms with E-state index in [0.717, 1.165) is 10.9 Å². The lowest BCUT2D eigenvalue weighted by Gasteiger charge is -2.09. The summed E-state index contributed by atoms with van der Waals surface area (Å²) in [4.78, 5) is 16.9. The second kappa shape index (κ2) is 7.73. The molecule has 7 heteroatoms. The molecule has 0 unspecified atom stereocenters. The number of hydrogen-bond donors (Lipinski definition) is 2. The van der Waals surface area contributed by atoms with Crippen LogP contribution in [0.3, 0.4) is 0 Å². The van der Waals surface area contributed by atoms with Gasteiger partial charge in [-0.1, -0.05) is 24.3 Å². The zero-order chi connectivity index (χ0) is 20.3. The van der Waals surface area contributed by atoms with E-state index >= 15 is 0 Å². The van der Waals surface area contributed by atoms with Gasteiger partial charge in [0, 0.05) is 23.0 Å². The number of benzene rings is 3. The summed E-state index contributed by atoms with van der Waals surface area (Å²) in [5.41, 5.74) is 1.96. The lowest BCUT2D eigenvalue weighted by molar-refractivity contribution is 0.262. The quantitative estimate of drug-likeness (QED) is 0.516. The summed E-state index contributed by atoms with van der Waals surface area (Å²) in [6, 6.07) is 23.0. The van der Waals surface area contributed by atoms with Crippen LogP contribution in [-0.2, 0) is 9.84 Å². The van der Waals surface area contributed by atoms with Crippen LogP contribution in [-0.4, -0.2) is 19.4 Å². The van der Waals surface area contributed by atoms with Gasteiger partial charge in [-0.2, -0.15) is 0 Å². The van der Waals surface area contributed by atoms with Crippen molar-refractivity contribution in [2.75, 3.05) is 10.6 Å². The predicted octanol–water partition coefficient (Wildman–Crippen LogP) is 4.71. The number of nitrogens with one attached hydrogen (secondary N) is 2. The molecular weight excluding hydrogens is 386 g/mol. The van der Waals surface area contributed by atoms with Gasteiger partial charge in [0.1, 0.15) is 0 Å². The van der Waals surface area contributed by atoms with Crippen LogP contribution in [0.25, 0.3) is 10.9 Å². The molecule has 2 amide bonds. The molecule has 0 aliphatic carbocycles. The van der Waals surface area contributed by atoms with Gasteiger partial charge in [0.15, 0.2) is 0 Å². The van der Waals surface area contributed by atoms with E-state index in [1.165, 1.54) is 12.1 Å². The molecule has 6 nitrogen and oxygen atoms in total. The van der Waals surface area contributed by atoms with E-state index in [9.17, 15) is 13.2 Å².